The van der Waals surface area contributed by atoms with Crippen molar-refractivity contribution >= 4 is 10.8 Å². The molecule has 0 unspecified atom stereocenters. The van der Waals surface area contributed by atoms with E-state index in [1.807, 2.05) is 24.3 Å². The number of nitrogens with zero attached hydrogens (tertiary/aromatic N) is 1. The van der Waals surface area contributed by atoms with E-state index in [9.17, 15) is 4.39 Å². The summed E-state index contributed by atoms with van der Waals surface area (Å²) in [7, 11) is 0. The summed E-state index contributed by atoms with van der Waals surface area (Å²) in [5.41, 5.74) is 0.590. The Morgan fingerprint density at radius 1 is 0.900 bits per heavy atom. The molecule has 0 amide bonds. The second-order valence-electron chi connectivity index (χ2n) is 4.33. The van der Waals surface area contributed by atoms with Crippen LogP contribution in [0, 0.1) is 17.1 Å². The molecular weight excluding hydrogens is 253 g/mol. The van der Waals surface area contributed by atoms with Crippen molar-refractivity contribution in [1.29, 1.82) is 5.26 Å². The highest BCUT2D eigenvalue weighted by Crippen LogP contribution is 2.31. The van der Waals surface area contributed by atoms with Gasteiger partial charge < -0.3 is 4.74 Å². The fourth-order valence-corrected chi connectivity index (χ4v) is 2.12. The molecule has 0 aliphatic rings. The maximum atomic E-state index is 13.2. The molecule has 0 saturated heterocycles. The average molecular weight is 263 g/mol. The van der Waals surface area contributed by atoms with E-state index in [0.717, 1.165) is 10.8 Å². The first-order valence-corrected chi connectivity index (χ1v) is 6.13. The largest absolute Gasteiger partial charge is 0.457 e. The molecule has 0 fully saturated rings. The third-order valence-corrected chi connectivity index (χ3v) is 3.03. The average Bonchev–Trinajstić information content (AvgIpc) is 2.48. The number of ether oxygens (including phenoxy) is 1. The van der Waals surface area contributed by atoms with Crippen LogP contribution in [0.4, 0.5) is 4.39 Å². The van der Waals surface area contributed by atoms with Gasteiger partial charge in [-0.15, -0.1) is 0 Å². The zero-order valence-corrected chi connectivity index (χ0v) is 10.5. The van der Waals surface area contributed by atoms with E-state index in [1.165, 1.54) is 12.1 Å². The number of hydrogen-bond donors (Lipinski definition) is 0. The van der Waals surface area contributed by atoms with Crippen LogP contribution < -0.4 is 4.74 Å². The minimum atomic E-state index is -0.347. The topological polar surface area (TPSA) is 33.0 Å². The summed E-state index contributed by atoms with van der Waals surface area (Å²) in [5, 5.41) is 10.8. The molecule has 3 aromatic carbocycles. The van der Waals surface area contributed by atoms with Crippen molar-refractivity contribution in [3.63, 3.8) is 0 Å². The van der Waals surface area contributed by atoms with Crippen LogP contribution in [0.3, 0.4) is 0 Å². The summed E-state index contributed by atoms with van der Waals surface area (Å²) in [4.78, 5) is 0. The number of halogens is 1. The van der Waals surface area contributed by atoms with Crippen LogP contribution in [0.25, 0.3) is 10.8 Å². The molecule has 0 radical (unpaired) electrons. The minimum absolute atomic E-state index is 0.347. The molecule has 96 valence electrons. The Kier molecular flexibility index (Phi) is 3.06. The number of hydrogen-bond acceptors (Lipinski definition) is 2. The van der Waals surface area contributed by atoms with Crippen LogP contribution in [0.1, 0.15) is 5.56 Å². The van der Waals surface area contributed by atoms with Gasteiger partial charge in [0, 0.05) is 16.8 Å². The maximum Gasteiger partial charge on any atom is 0.135 e. The molecule has 0 aliphatic carbocycles. The van der Waals surface area contributed by atoms with E-state index in [2.05, 4.69) is 6.07 Å². The molecule has 3 rings (SSSR count). The van der Waals surface area contributed by atoms with Crippen molar-refractivity contribution < 1.29 is 9.13 Å². The van der Waals surface area contributed by atoms with E-state index in [-0.39, 0.29) is 5.82 Å². The van der Waals surface area contributed by atoms with Gasteiger partial charge in [0.15, 0.2) is 0 Å². The van der Waals surface area contributed by atoms with Crippen LogP contribution in [0.5, 0.6) is 11.5 Å². The molecule has 20 heavy (non-hydrogen) atoms. The summed E-state index contributed by atoms with van der Waals surface area (Å²) in [6.45, 7) is 0. The maximum absolute atomic E-state index is 13.2. The van der Waals surface area contributed by atoms with Gasteiger partial charge in [0.1, 0.15) is 17.3 Å². The van der Waals surface area contributed by atoms with E-state index in [4.69, 9.17) is 10.00 Å². The molecule has 0 heterocycles. The number of benzene rings is 3. The summed E-state index contributed by atoms with van der Waals surface area (Å²) in [5.74, 6) is 0.686. The zero-order chi connectivity index (χ0) is 13.9. The number of fused-ring (bicyclic) bond motifs is 1. The van der Waals surface area contributed by atoms with Gasteiger partial charge in [-0.05, 0) is 24.3 Å². The molecule has 0 atom stereocenters. The zero-order valence-electron chi connectivity index (χ0n) is 10.5. The van der Waals surface area contributed by atoms with Crippen LogP contribution in [0.15, 0.2) is 60.7 Å². The van der Waals surface area contributed by atoms with Crippen molar-refractivity contribution in [2.75, 3.05) is 0 Å². The molecule has 3 aromatic rings. The van der Waals surface area contributed by atoms with Crippen molar-refractivity contribution in [1.82, 2.24) is 0 Å². The Hall–Kier alpha value is -2.86. The second kappa shape index (κ2) is 5.02. The fraction of sp³-hybridized carbons (Fsp3) is 0. The van der Waals surface area contributed by atoms with Crippen molar-refractivity contribution in [3.8, 4) is 17.6 Å². The van der Waals surface area contributed by atoms with Gasteiger partial charge in [-0.2, -0.15) is 5.26 Å². The van der Waals surface area contributed by atoms with Crippen molar-refractivity contribution in [2.45, 2.75) is 0 Å². The molecule has 0 aliphatic heterocycles. The van der Waals surface area contributed by atoms with Crippen LogP contribution in [0.2, 0.25) is 0 Å². The van der Waals surface area contributed by atoms with E-state index >= 15 is 0 Å². The lowest BCUT2D eigenvalue weighted by Gasteiger charge is -2.09. The van der Waals surface area contributed by atoms with Crippen LogP contribution in [-0.4, -0.2) is 0 Å². The van der Waals surface area contributed by atoms with Gasteiger partial charge in [-0.1, -0.05) is 30.3 Å². The van der Waals surface area contributed by atoms with E-state index < -0.39 is 0 Å². The Balaban J connectivity index is 2.11. The molecule has 2 nitrogen and oxygen atoms in total. The summed E-state index contributed by atoms with van der Waals surface area (Å²) >= 11 is 0. The van der Waals surface area contributed by atoms with Gasteiger partial charge in [-0.3, -0.25) is 0 Å². The monoisotopic (exact) mass is 263 g/mol. The Bertz CT molecular complexity index is 821. The van der Waals surface area contributed by atoms with Crippen molar-refractivity contribution in [2.24, 2.45) is 0 Å². The second-order valence-corrected chi connectivity index (χ2v) is 4.33. The Morgan fingerprint density at radius 2 is 1.70 bits per heavy atom. The molecule has 3 heteroatoms. The predicted molar refractivity (Wildman–Crippen MR) is 75.1 cm³/mol. The summed E-state index contributed by atoms with van der Waals surface area (Å²) < 4.78 is 18.9. The van der Waals surface area contributed by atoms with Gasteiger partial charge >= 0.3 is 0 Å². The highest BCUT2D eigenvalue weighted by Gasteiger charge is 2.07. The first-order valence-electron chi connectivity index (χ1n) is 6.13. The lowest BCUT2D eigenvalue weighted by Crippen LogP contribution is -1.88. The standard InChI is InChI=1S/C17H10FNO/c18-13-4-3-5-14(10-13)20-17-9-8-12(11-19)15-6-1-2-7-16(15)17/h1-10H. The van der Waals surface area contributed by atoms with Crippen LogP contribution in [-0.2, 0) is 0 Å². The summed E-state index contributed by atoms with van der Waals surface area (Å²) in [6.07, 6.45) is 0. The minimum Gasteiger partial charge on any atom is -0.457 e. The highest BCUT2D eigenvalue weighted by molar-refractivity contribution is 5.92. The number of rotatable bonds is 2. The van der Waals surface area contributed by atoms with E-state index in [1.54, 1.807) is 24.3 Å². The first-order chi connectivity index (χ1) is 9.78. The van der Waals surface area contributed by atoms with Gasteiger partial charge in [-0.25, -0.2) is 4.39 Å². The third kappa shape index (κ3) is 2.19. The smallest absolute Gasteiger partial charge is 0.135 e. The normalized spacial score (nSPS) is 10.2. The quantitative estimate of drug-likeness (QED) is 0.674. The van der Waals surface area contributed by atoms with Gasteiger partial charge in [0.05, 0.1) is 11.6 Å². The molecule has 0 saturated carbocycles. The fourth-order valence-electron chi connectivity index (χ4n) is 2.12. The van der Waals surface area contributed by atoms with E-state index in [0.29, 0.717) is 17.1 Å². The Morgan fingerprint density at radius 3 is 2.45 bits per heavy atom. The third-order valence-electron chi connectivity index (χ3n) is 3.03. The summed E-state index contributed by atoms with van der Waals surface area (Å²) in [6, 6.07) is 19.1. The van der Waals surface area contributed by atoms with Gasteiger partial charge in [0.25, 0.3) is 0 Å². The van der Waals surface area contributed by atoms with Crippen LogP contribution >= 0.6 is 0 Å². The SMILES string of the molecule is N#Cc1ccc(Oc2cccc(F)c2)c2ccccc12. The Labute approximate surface area is 115 Å². The number of nitriles is 1. The molecular formula is C17H10FNO. The highest BCUT2D eigenvalue weighted by atomic mass is 19.1. The molecule has 0 bridgehead atoms. The molecule has 0 spiro atoms. The van der Waals surface area contributed by atoms with Crippen molar-refractivity contribution in [3.05, 3.63) is 72.0 Å². The predicted octanol–water partition coefficient (Wildman–Crippen LogP) is 4.64. The molecule has 0 N–H and O–H groups in total. The first kappa shape index (κ1) is 12.2. The lowest BCUT2D eigenvalue weighted by atomic mass is 10.0. The lowest BCUT2D eigenvalue weighted by molar-refractivity contribution is 0.482. The molecule has 0 aromatic heterocycles. The van der Waals surface area contributed by atoms with Gasteiger partial charge in [0.2, 0.25) is 0 Å².